The Morgan fingerprint density at radius 2 is 1.32 bits per heavy atom. The van der Waals surface area contributed by atoms with Crippen molar-refractivity contribution in [3.8, 4) is 50.6 Å². The van der Waals surface area contributed by atoms with Gasteiger partial charge in [0.1, 0.15) is 0 Å². The number of rotatable bonds is 7. The minimum absolute atomic E-state index is 0. The Bertz CT molecular complexity index is 3180. The number of furan rings is 1. The number of pyridine rings is 1. The van der Waals surface area contributed by atoms with Crippen LogP contribution in [0.25, 0.3) is 72.6 Å². The largest absolute Gasteiger partial charge is 0.557 e. The molecule has 0 spiro atoms. The Hall–Kier alpha value is -6.65. The van der Waals surface area contributed by atoms with Crippen molar-refractivity contribution in [2.75, 3.05) is 0 Å². The summed E-state index contributed by atoms with van der Waals surface area (Å²) in [7, 11) is 0. The van der Waals surface area contributed by atoms with E-state index >= 15 is 0 Å². The fourth-order valence-electron chi connectivity index (χ4n) is 7.16. The zero-order chi connectivity index (χ0) is 46.2. The van der Waals surface area contributed by atoms with E-state index in [1.165, 1.54) is 24.4 Å². The first-order chi connectivity index (χ1) is 31.7. The van der Waals surface area contributed by atoms with E-state index in [2.05, 4.69) is 95.5 Å². The van der Waals surface area contributed by atoms with Crippen LogP contribution in [0.5, 0.6) is 0 Å². The third-order valence-corrected chi connectivity index (χ3v) is 9.86. The van der Waals surface area contributed by atoms with E-state index < -0.39 is 20.1 Å². The summed E-state index contributed by atoms with van der Waals surface area (Å²) in [6.07, 6.45) is 2.76. The third-order valence-electron chi connectivity index (χ3n) is 9.86. The molecule has 3 heterocycles. The van der Waals surface area contributed by atoms with Gasteiger partial charge in [-0.2, -0.15) is 0 Å². The zero-order valence-corrected chi connectivity index (χ0v) is 34.3. The van der Waals surface area contributed by atoms with E-state index in [1.54, 1.807) is 18.2 Å². The molecule has 0 saturated heterocycles. The molecule has 0 saturated carbocycles. The quantitative estimate of drug-likeness (QED) is 0.150. The molecular formula is C54H41IrN3O-2. The molecular weight excluding hydrogens is 899 g/mol. The van der Waals surface area contributed by atoms with Crippen LogP contribution in [0.2, 0.25) is 0 Å². The molecule has 3 aromatic heterocycles. The number of hydrogen-bond acceptors (Lipinski definition) is 3. The van der Waals surface area contributed by atoms with E-state index in [9.17, 15) is 0 Å². The van der Waals surface area contributed by atoms with Gasteiger partial charge in [0.2, 0.25) is 0 Å². The Labute approximate surface area is 370 Å². The molecule has 0 N–H and O–H groups in total. The van der Waals surface area contributed by atoms with Crippen LogP contribution >= 0.6 is 0 Å². The third kappa shape index (κ3) is 8.35. The topological polar surface area (TPSA) is 43.9 Å². The van der Waals surface area contributed by atoms with Gasteiger partial charge < -0.3 is 14.0 Å². The van der Waals surface area contributed by atoms with Gasteiger partial charge in [0.15, 0.2) is 0 Å². The molecule has 10 rings (SSSR count). The molecule has 0 bridgehead atoms. The normalized spacial score (nSPS) is 13.6. The van der Waals surface area contributed by atoms with Crippen LogP contribution in [0, 0.1) is 33.0 Å². The summed E-state index contributed by atoms with van der Waals surface area (Å²) < 4.78 is 70.0. The Balaban J connectivity index is 0.000000244. The van der Waals surface area contributed by atoms with Crippen molar-refractivity contribution in [3.05, 3.63) is 222 Å². The van der Waals surface area contributed by atoms with Crippen LogP contribution in [0.15, 0.2) is 187 Å². The maximum atomic E-state index is 9.05. The van der Waals surface area contributed by atoms with Crippen LogP contribution in [0.4, 0.5) is 0 Å². The second-order valence-corrected chi connectivity index (χ2v) is 13.9. The predicted octanol–water partition coefficient (Wildman–Crippen LogP) is 13.6. The van der Waals surface area contributed by atoms with Gasteiger partial charge in [-0.05, 0) is 77.9 Å². The van der Waals surface area contributed by atoms with Gasteiger partial charge in [-0.25, -0.2) is 0 Å². The summed E-state index contributed by atoms with van der Waals surface area (Å²) in [6, 6.07) is 58.7. The summed E-state index contributed by atoms with van der Waals surface area (Å²) in [5.41, 5.74) is 12.3. The van der Waals surface area contributed by atoms with Crippen LogP contribution < -0.4 is 0 Å². The van der Waals surface area contributed by atoms with Gasteiger partial charge in [0, 0.05) is 60.2 Å². The average Bonchev–Trinajstić information content (AvgIpc) is 3.93. The first-order valence-electron chi connectivity index (χ1n) is 22.9. The summed E-state index contributed by atoms with van der Waals surface area (Å²) in [4.78, 5) is 9.28. The van der Waals surface area contributed by atoms with Gasteiger partial charge in [-0.15, -0.1) is 35.4 Å². The Morgan fingerprint density at radius 3 is 1.97 bits per heavy atom. The Kier molecular flexibility index (Phi) is 9.00. The van der Waals surface area contributed by atoms with Gasteiger partial charge in [0.05, 0.1) is 22.5 Å². The molecule has 289 valence electrons. The van der Waals surface area contributed by atoms with Crippen molar-refractivity contribution in [2.24, 2.45) is 0 Å². The smallest absolute Gasteiger partial charge is 0.0774 e. The number of aromatic nitrogens is 3. The monoisotopic (exact) mass is 948 g/mol. The second kappa shape index (κ2) is 17.5. The van der Waals surface area contributed by atoms with Crippen LogP contribution in [0.3, 0.4) is 0 Å². The minimum atomic E-state index is -2.18. The fourth-order valence-corrected chi connectivity index (χ4v) is 7.16. The van der Waals surface area contributed by atoms with Crippen LogP contribution in [0.1, 0.15) is 38.8 Å². The number of imidazole rings is 1. The van der Waals surface area contributed by atoms with Crippen molar-refractivity contribution < 1.29 is 35.5 Å². The number of para-hydroxylation sites is 2. The summed E-state index contributed by atoms with van der Waals surface area (Å²) in [5, 5.41) is 0.753. The SMILES string of the molecule is [2H]C([2H])([2H])c1c[c-]c(-c2ccc(C([2H])([2H])[2H])cn2)cc1.[2H]C([2H])(c1ccccc1)c1ccc2o[c-]c(-c3nc4ccccc4n3-c3c(-c4ccccc4)cc(C)cc3-c3ccccc3)c2c1.[Ir]. The number of fused-ring (bicyclic) bond motifs is 2. The number of benzene rings is 7. The maximum absolute atomic E-state index is 9.05. The van der Waals surface area contributed by atoms with Crippen molar-refractivity contribution in [1.82, 2.24) is 14.5 Å². The van der Waals surface area contributed by atoms with E-state index in [0.717, 1.165) is 49.9 Å². The molecule has 59 heavy (non-hydrogen) atoms. The van der Waals surface area contributed by atoms with E-state index in [-0.39, 0.29) is 31.2 Å². The molecule has 0 aliphatic heterocycles. The van der Waals surface area contributed by atoms with E-state index in [1.807, 2.05) is 72.8 Å². The molecule has 0 atom stereocenters. The van der Waals surface area contributed by atoms with E-state index in [4.69, 9.17) is 20.4 Å². The minimum Gasteiger partial charge on any atom is -0.557 e. The van der Waals surface area contributed by atoms with Gasteiger partial charge >= 0.3 is 0 Å². The summed E-state index contributed by atoms with van der Waals surface area (Å²) in [6.45, 7) is -2.21. The summed E-state index contributed by atoms with van der Waals surface area (Å²) in [5.74, 6) is 0.676. The molecule has 5 heteroatoms. The molecule has 0 amide bonds. The number of hydrogen-bond donors (Lipinski definition) is 0. The maximum Gasteiger partial charge on any atom is 0.0774 e. The summed E-state index contributed by atoms with van der Waals surface area (Å²) >= 11 is 0. The van der Waals surface area contributed by atoms with Crippen molar-refractivity contribution in [3.63, 3.8) is 0 Å². The zero-order valence-electron chi connectivity index (χ0n) is 39.9. The molecule has 4 nitrogen and oxygen atoms in total. The van der Waals surface area contributed by atoms with Crippen molar-refractivity contribution in [2.45, 2.75) is 27.0 Å². The number of nitrogens with zero attached hydrogens (tertiary/aromatic N) is 3. The number of aryl methyl sites for hydroxylation is 3. The second-order valence-electron chi connectivity index (χ2n) is 13.9. The molecule has 0 aliphatic carbocycles. The molecule has 7 aromatic carbocycles. The molecule has 0 unspecified atom stereocenters. The van der Waals surface area contributed by atoms with Crippen molar-refractivity contribution >= 4 is 22.0 Å². The van der Waals surface area contributed by atoms with Gasteiger partial charge in [-0.1, -0.05) is 157 Å². The average molecular weight is 948 g/mol. The van der Waals surface area contributed by atoms with Crippen molar-refractivity contribution in [1.29, 1.82) is 0 Å². The Morgan fingerprint density at radius 1 is 0.661 bits per heavy atom. The predicted molar refractivity (Wildman–Crippen MR) is 238 cm³/mol. The molecule has 10 aromatic rings. The first kappa shape index (κ1) is 30.4. The standard InChI is InChI=1S/C41H29N2O.C13H12N.Ir/c1-28-23-33(31-15-7-3-8-16-31)40(34(24-28)32-17-9-4-10-18-32)43-38-20-12-11-19-37(38)42-41(43)36-27-44-39-22-21-30(26-35(36)39)25-29-13-5-2-6-14-29;1-10-3-6-12(7-4-10)13-8-5-11(2)9-14-13;/h2-24,26H,25H2,1H3;3-6,8-9H,1-2H3;/q2*-1;/i25D2;1D3,2D3;. The van der Waals surface area contributed by atoms with Crippen LogP contribution in [-0.2, 0) is 26.5 Å². The van der Waals surface area contributed by atoms with Crippen LogP contribution in [-0.4, -0.2) is 14.5 Å². The fraction of sp³-hybridized carbons (Fsp3) is 0.0741. The van der Waals surface area contributed by atoms with E-state index in [0.29, 0.717) is 39.4 Å². The molecule has 1 radical (unpaired) electrons. The van der Waals surface area contributed by atoms with Gasteiger partial charge in [0.25, 0.3) is 0 Å². The molecule has 0 fully saturated rings. The van der Waals surface area contributed by atoms with Gasteiger partial charge in [-0.3, -0.25) is 4.98 Å². The molecule has 0 aliphatic rings. The first-order valence-corrected chi connectivity index (χ1v) is 18.9.